The molecule has 1 heterocycles. The second-order valence-corrected chi connectivity index (χ2v) is 9.29. The largest absolute Gasteiger partial charge is 0.493 e. The van der Waals surface area contributed by atoms with Gasteiger partial charge in [0.2, 0.25) is 10.0 Å². The molecule has 0 saturated carbocycles. The third kappa shape index (κ3) is 5.68. The van der Waals surface area contributed by atoms with Crippen molar-refractivity contribution >= 4 is 15.7 Å². The summed E-state index contributed by atoms with van der Waals surface area (Å²) in [6, 6.07) is 12.7. The minimum absolute atomic E-state index is 0.102. The van der Waals surface area contributed by atoms with Crippen LogP contribution in [-0.2, 0) is 14.8 Å². The van der Waals surface area contributed by atoms with Gasteiger partial charge in [-0.15, -0.1) is 0 Å². The maximum atomic E-state index is 13.0. The van der Waals surface area contributed by atoms with E-state index >= 15 is 0 Å². The maximum Gasteiger partial charge on any atom is 0.240 e. The molecule has 0 aliphatic carbocycles. The van der Waals surface area contributed by atoms with E-state index in [1.165, 1.54) is 26.4 Å². The minimum atomic E-state index is -3.73. The van der Waals surface area contributed by atoms with Crippen molar-refractivity contribution in [2.24, 2.45) is 0 Å². The Bertz CT molecular complexity index is 958. The molecular weight excluding hydrogens is 418 g/mol. The molecule has 2 aromatic rings. The molecule has 1 N–H and O–H groups in total. The van der Waals surface area contributed by atoms with Crippen molar-refractivity contribution in [1.29, 1.82) is 0 Å². The van der Waals surface area contributed by atoms with Crippen molar-refractivity contribution < 1.29 is 22.6 Å². The number of morpholine rings is 1. The summed E-state index contributed by atoms with van der Waals surface area (Å²) >= 11 is 0. The highest BCUT2D eigenvalue weighted by Gasteiger charge is 2.25. The number of nitrogens with zero attached hydrogens (tertiary/aromatic N) is 2. The van der Waals surface area contributed by atoms with Gasteiger partial charge in [0.05, 0.1) is 32.3 Å². The first-order valence-electron chi connectivity index (χ1n) is 10.2. The van der Waals surface area contributed by atoms with Gasteiger partial charge in [0.1, 0.15) is 0 Å². The molecule has 0 bridgehead atoms. The highest BCUT2D eigenvalue weighted by atomic mass is 32.2. The van der Waals surface area contributed by atoms with Gasteiger partial charge < -0.3 is 19.1 Å². The normalized spacial score (nSPS) is 16.0. The maximum absolute atomic E-state index is 13.0. The van der Waals surface area contributed by atoms with E-state index in [0.717, 1.165) is 24.3 Å². The second-order valence-electron chi connectivity index (χ2n) is 7.52. The Labute approximate surface area is 184 Å². The number of sulfonamides is 1. The summed E-state index contributed by atoms with van der Waals surface area (Å²) in [6.45, 7) is 3.01. The number of ether oxygens (including phenoxy) is 3. The quantitative estimate of drug-likeness (QED) is 0.628. The summed E-state index contributed by atoms with van der Waals surface area (Å²) in [6.07, 6.45) is 0. The lowest BCUT2D eigenvalue weighted by molar-refractivity contribution is 0.0172. The van der Waals surface area contributed by atoms with Crippen molar-refractivity contribution in [2.75, 3.05) is 66.1 Å². The molecule has 1 unspecified atom stereocenters. The third-order valence-corrected chi connectivity index (χ3v) is 6.83. The van der Waals surface area contributed by atoms with Crippen molar-refractivity contribution in [3.8, 4) is 11.5 Å². The van der Waals surface area contributed by atoms with Gasteiger partial charge in [-0.05, 0) is 29.8 Å². The summed E-state index contributed by atoms with van der Waals surface area (Å²) in [5.41, 5.74) is 2.15. The summed E-state index contributed by atoms with van der Waals surface area (Å²) in [7, 11) is 3.24. The number of rotatable bonds is 9. The molecular formula is C22H31N3O5S. The predicted molar refractivity (Wildman–Crippen MR) is 121 cm³/mol. The summed E-state index contributed by atoms with van der Waals surface area (Å²) < 4.78 is 44.7. The molecule has 1 aliphatic heterocycles. The lowest BCUT2D eigenvalue weighted by Gasteiger charge is -2.35. The van der Waals surface area contributed by atoms with Gasteiger partial charge in [0.15, 0.2) is 11.5 Å². The topological polar surface area (TPSA) is 80.3 Å². The number of nitrogens with one attached hydrogen (secondary N) is 1. The number of hydrogen-bond acceptors (Lipinski definition) is 7. The molecule has 1 saturated heterocycles. The molecule has 1 aliphatic rings. The van der Waals surface area contributed by atoms with E-state index in [0.29, 0.717) is 24.7 Å². The van der Waals surface area contributed by atoms with Gasteiger partial charge in [-0.25, -0.2) is 13.1 Å². The fraction of sp³-hybridized carbons (Fsp3) is 0.455. The molecule has 1 atom stereocenters. The molecule has 0 spiro atoms. The zero-order valence-electron chi connectivity index (χ0n) is 18.5. The van der Waals surface area contributed by atoms with Gasteiger partial charge >= 0.3 is 0 Å². The van der Waals surface area contributed by atoms with Crippen LogP contribution in [0.1, 0.15) is 11.6 Å². The monoisotopic (exact) mass is 449 g/mol. The zero-order chi connectivity index (χ0) is 22.4. The number of benzene rings is 2. The van der Waals surface area contributed by atoms with Crippen LogP contribution < -0.4 is 19.1 Å². The SMILES string of the molecule is COc1ccc(S(=O)(=O)NCC(c2ccc(N(C)C)cc2)N2CCOCC2)cc1OC. The van der Waals surface area contributed by atoms with Crippen LogP contribution in [-0.4, -0.2) is 74.5 Å². The summed E-state index contributed by atoms with van der Waals surface area (Å²) in [5, 5.41) is 0. The Balaban J connectivity index is 1.82. The van der Waals surface area contributed by atoms with Crippen molar-refractivity contribution in [3.05, 3.63) is 48.0 Å². The van der Waals surface area contributed by atoms with Gasteiger partial charge in [-0.1, -0.05) is 12.1 Å². The Morgan fingerprint density at radius 2 is 1.68 bits per heavy atom. The molecule has 3 rings (SSSR count). The molecule has 2 aromatic carbocycles. The van der Waals surface area contributed by atoms with E-state index in [4.69, 9.17) is 14.2 Å². The third-order valence-electron chi connectivity index (χ3n) is 5.41. The summed E-state index contributed by atoms with van der Waals surface area (Å²) in [5.74, 6) is 0.850. The number of methoxy groups -OCH3 is 2. The van der Waals surface area contributed by atoms with E-state index in [-0.39, 0.29) is 17.5 Å². The van der Waals surface area contributed by atoms with Gasteiger partial charge in [0.25, 0.3) is 0 Å². The van der Waals surface area contributed by atoms with Crippen molar-refractivity contribution in [1.82, 2.24) is 9.62 Å². The van der Waals surface area contributed by atoms with Crippen LogP contribution in [0.4, 0.5) is 5.69 Å². The number of hydrogen-bond donors (Lipinski definition) is 1. The van der Waals surface area contributed by atoms with Crippen molar-refractivity contribution in [2.45, 2.75) is 10.9 Å². The second kappa shape index (κ2) is 10.3. The lowest BCUT2D eigenvalue weighted by Crippen LogP contribution is -2.43. The predicted octanol–water partition coefficient (Wildman–Crippen LogP) is 2.12. The molecule has 9 heteroatoms. The Morgan fingerprint density at radius 3 is 2.26 bits per heavy atom. The first kappa shape index (κ1) is 23.3. The molecule has 0 amide bonds. The Hall–Kier alpha value is -2.33. The lowest BCUT2D eigenvalue weighted by atomic mass is 10.0. The van der Waals surface area contributed by atoms with Crippen LogP contribution in [0.15, 0.2) is 47.4 Å². The highest BCUT2D eigenvalue weighted by Crippen LogP contribution is 2.30. The average Bonchev–Trinajstić information content (AvgIpc) is 2.79. The van der Waals surface area contributed by atoms with Crippen LogP contribution in [0.2, 0.25) is 0 Å². The Morgan fingerprint density at radius 1 is 1.03 bits per heavy atom. The smallest absolute Gasteiger partial charge is 0.240 e. The van der Waals surface area contributed by atoms with E-state index in [1.807, 2.05) is 31.1 Å². The average molecular weight is 450 g/mol. The molecule has 170 valence electrons. The van der Waals surface area contributed by atoms with Crippen LogP contribution >= 0.6 is 0 Å². The van der Waals surface area contributed by atoms with E-state index < -0.39 is 10.0 Å². The number of anilines is 1. The molecule has 8 nitrogen and oxygen atoms in total. The van der Waals surface area contributed by atoms with Crippen LogP contribution in [0.5, 0.6) is 11.5 Å². The first-order valence-corrected chi connectivity index (χ1v) is 11.6. The fourth-order valence-corrected chi connectivity index (χ4v) is 4.65. The standard InChI is InChI=1S/C22H31N3O5S/c1-24(2)18-7-5-17(6-8-18)20(25-11-13-30-14-12-25)16-23-31(26,27)19-9-10-21(28-3)22(15-19)29-4/h5-10,15,20,23H,11-14,16H2,1-4H3. The van der Waals surface area contributed by atoms with E-state index in [9.17, 15) is 8.42 Å². The first-order chi connectivity index (χ1) is 14.9. The van der Waals surface area contributed by atoms with Crippen LogP contribution in [0.3, 0.4) is 0 Å². The van der Waals surface area contributed by atoms with E-state index in [1.54, 1.807) is 6.07 Å². The van der Waals surface area contributed by atoms with E-state index in [2.05, 4.69) is 21.8 Å². The summed E-state index contributed by atoms with van der Waals surface area (Å²) in [4.78, 5) is 4.42. The van der Waals surface area contributed by atoms with Gasteiger partial charge in [-0.3, -0.25) is 4.90 Å². The molecule has 1 fully saturated rings. The zero-order valence-corrected chi connectivity index (χ0v) is 19.3. The fourth-order valence-electron chi connectivity index (χ4n) is 3.60. The van der Waals surface area contributed by atoms with Gasteiger partial charge in [0, 0.05) is 51.5 Å². The van der Waals surface area contributed by atoms with Crippen LogP contribution in [0, 0.1) is 0 Å². The van der Waals surface area contributed by atoms with Crippen molar-refractivity contribution in [3.63, 3.8) is 0 Å². The molecule has 0 aromatic heterocycles. The molecule has 31 heavy (non-hydrogen) atoms. The Kier molecular flexibility index (Phi) is 7.77. The molecule has 0 radical (unpaired) electrons. The minimum Gasteiger partial charge on any atom is -0.493 e. The van der Waals surface area contributed by atoms with Gasteiger partial charge in [-0.2, -0.15) is 0 Å². The van der Waals surface area contributed by atoms with Crippen LogP contribution in [0.25, 0.3) is 0 Å². The highest BCUT2D eigenvalue weighted by molar-refractivity contribution is 7.89.